The topological polar surface area (TPSA) is 51.2 Å². The third-order valence-corrected chi connectivity index (χ3v) is 24.1. The molecular weight excluding hydrogens is 1280 g/mol. The maximum absolute atomic E-state index is 15.9. The van der Waals surface area contributed by atoms with Crippen LogP contribution in [0.5, 0.6) is 0 Å². The minimum Gasteiger partial charge on any atom is -0.309 e. The summed E-state index contributed by atoms with van der Waals surface area (Å²) < 4.78 is 298. The largest absolute Gasteiger partial charge is 0.416 e. The van der Waals surface area contributed by atoms with Crippen molar-refractivity contribution in [3.63, 3.8) is 0 Å². The van der Waals surface area contributed by atoms with Crippen LogP contribution < -0.4 is 47.7 Å². The van der Waals surface area contributed by atoms with Gasteiger partial charge in [-0.1, -0.05) is 127 Å². The second-order valence-corrected chi connectivity index (χ2v) is 28.8. The first-order valence-electron chi connectivity index (χ1n) is 26.3. The van der Waals surface area contributed by atoms with Crippen LogP contribution in [0, 0.1) is 0 Å². The number of alkyl halides is 18. The van der Waals surface area contributed by atoms with Crippen molar-refractivity contribution < 1.29 is 92.7 Å². The van der Waals surface area contributed by atoms with Crippen molar-refractivity contribution >= 4 is 69.2 Å². The van der Waals surface area contributed by atoms with E-state index >= 15 is 13.7 Å². The molecule has 0 aliphatic heterocycles. The van der Waals surface area contributed by atoms with Crippen molar-refractivity contribution in [3.8, 4) is 33.4 Å². The monoisotopic (exact) mass is 1310 g/mol. The molecule has 10 rings (SSSR count). The van der Waals surface area contributed by atoms with Gasteiger partial charge in [-0.05, 0) is 143 Å². The maximum atomic E-state index is 15.9. The molecule has 10 aromatic rings. The number of halogens is 18. The van der Waals surface area contributed by atoms with E-state index in [-0.39, 0.29) is 81.1 Å². The molecule has 0 radical (unpaired) electrons. The first-order valence-corrected chi connectivity index (χ1v) is 31.5. The van der Waals surface area contributed by atoms with E-state index in [1.54, 1.807) is 0 Å². The Labute approximate surface area is 500 Å². The van der Waals surface area contributed by atoms with E-state index < -0.39 is 91.9 Å². The molecule has 10 aromatic carbocycles. The Bertz CT molecular complexity index is 3790. The highest BCUT2D eigenvalue weighted by Gasteiger charge is 2.40. The lowest BCUT2D eigenvalue weighted by Crippen LogP contribution is -2.26. The Balaban J connectivity index is 1.20. The van der Waals surface area contributed by atoms with Crippen LogP contribution >= 0.6 is 21.4 Å². The van der Waals surface area contributed by atoms with Gasteiger partial charge < -0.3 is 13.7 Å². The first-order chi connectivity index (χ1) is 42.0. The van der Waals surface area contributed by atoms with Gasteiger partial charge in [0, 0.05) is 47.7 Å². The average Bonchev–Trinajstić information content (AvgIpc) is 0.779. The normalized spacial score (nSPS) is 13.1. The molecule has 0 aliphatic carbocycles. The van der Waals surface area contributed by atoms with Crippen molar-refractivity contribution in [1.82, 2.24) is 0 Å². The van der Waals surface area contributed by atoms with Gasteiger partial charge in [0.15, 0.2) is 21.4 Å². The van der Waals surface area contributed by atoms with E-state index in [1.165, 1.54) is 91.0 Å². The summed E-state index contributed by atoms with van der Waals surface area (Å²) in [5.41, 5.74) is -5.75. The number of hydrogen-bond acceptors (Lipinski definition) is 3. The van der Waals surface area contributed by atoms with E-state index in [4.69, 9.17) is 0 Å². The van der Waals surface area contributed by atoms with E-state index in [1.807, 2.05) is 0 Å². The molecule has 90 heavy (non-hydrogen) atoms. The minimum atomic E-state index is -4.86. The first kappa shape index (κ1) is 64.6. The second-order valence-electron chi connectivity index (χ2n) is 20.5. The maximum Gasteiger partial charge on any atom is 0.416 e. The molecule has 462 valence electrons. The van der Waals surface area contributed by atoms with Gasteiger partial charge in [-0.3, -0.25) is 0 Å². The molecule has 24 heteroatoms. The zero-order valence-corrected chi connectivity index (χ0v) is 48.1. The van der Waals surface area contributed by atoms with E-state index in [0.29, 0.717) is 72.8 Å². The molecular formula is C66H39F18O3P3. The van der Waals surface area contributed by atoms with Gasteiger partial charge in [0.1, 0.15) is 0 Å². The molecule has 0 saturated carbocycles. The van der Waals surface area contributed by atoms with Crippen molar-refractivity contribution in [2.45, 2.75) is 37.1 Å². The highest BCUT2D eigenvalue weighted by molar-refractivity contribution is 7.86. The number of benzene rings is 10. The lowest BCUT2D eigenvalue weighted by atomic mass is 9.93. The molecule has 0 unspecified atom stereocenters. The van der Waals surface area contributed by atoms with Crippen LogP contribution in [0.25, 0.3) is 33.4 Å². The van der Waals surface area contributed by atoms with Gasteiger partial charge in [0.25, 0.3) is 0 Å². The number of hydrogen-bond donors (Lipinski definition) is 0. The molecule has 3 nitrogen and oxygen atoms in total. The van der Waals surface area contributed by atoms with Crippen molar-refractivity contribution in [2.24, 2.45) is 0 Å². The molecule has 0 heterocycles. The lowest BCUT2D eigenvalue weighted by molar-refractivity contribution is -0.138. The summed E-state index contributed by atoms with van der Waals surface area (Å²) >= 11 is 0. The van der Waals surface area contributed by atoms with E-state index in [9.17, 15) is 79.0 Å². The molecule has 0 atom stereocenters. The van der Waals surface area contributed by atoms with Crippen LogP contribution in [0.1, 0.15) is 33.4 Å². The molecule has 0 spiro atoms. The summed E-state index contributed by atoms with van der Waals surface area (Å²) in [5, 5.41) is -1.72. The summed E-state index contributed by atoms with van der Waals surface area (Å²) in [4.78, 5) is 0. The third-order valence-electron chi connectivity index (χ3n) is 14.9. The molecule has 0 fully saturated rings. The highest BCUT2D eigenvalue weighted by Crippen LogP contribution is 2.49. The molecule has 0 N–H and O–H groups in total. The Morgan fingerprint density at radius 2 is 0.333 bits per heavy atom. The summed E-state index contributed by atoms with van der Waals surface area (Å²) in [7, 11) is -13.4. The lowest BCUT2D eigenvalue weighted by Gasteiger charge is -2.23. The van der Waals surface area contributed by atoms with Gasteiger partial charge in [0.05, 0.1) is 33.4 Å². The van der Waals surface area contributed by atoms with Crippen molar-refractivity contribution in [3.05, 3.63) is 270 Å². The predicted molar refractivity (Wildman–Crippen MR) is 311 cm³/mol. The smallest absolute Gasteiger partial charge is 0.309 e. The number of rotatable bonds is 12. The van der Waals surface area contributed by atoms with Crippen LogP contribution in [0.2, 0.25) is 0 Å². The molecule has 0 saturated heterocycles. The summed E-state index contributed by atoms with van der Waals surface area (Å²) in [6.07, 6.45) is -29.2. The van der Waals surface area contributed by atoms with Crippen LogP contribution in [0.4, 0.5) is 79.0 Å². The van der Waals surface area contributed by atoms with Crippen molar-refractivity contribution in [1.29, 1.82) is 0 Å². The van der Waals surface area contributed by atoms with E-state index in [0.717, 1.165) is 72.8 Å². The molecule has 0 aromatic heterocycles. The minimum absolute atomic E-state index is 0.112. The second kappa shape index (κ2) is 23.5. The van der Waals surface area contributed by atoms with Crippen molar-refractivity contribution in [2.75, 3.05) is 0 Å². The quantitative estimate of drug-likeness (QED) is 0.0905. The summed E-state index contributed by atoms with van der Waals surface area (Å²) in [6.45, 7) is 0. The Morgan fingerprint density at radius 3 is 0.478 bits per heavy atom. The summed E-state index contributed by atoms with van der Waals surface area (Å²) in [6, 6.07) is 40.2. The Hall–Kier alpha value is -8.37. The zero-order valence-electron chi connectivity index (χ0n) is 45.4. The van der Waals surface area contributed by atoms with Gasteiger partial charge in [-0.25, -0.2) is 0 Å². The van der Waals surface area contributed by atoms with Gasteiger partial charge in [-0.15, -0.1) is 0 Å². The Morgan fingerprint density at radius 1 is 0.178 bits per heavy atom. The SMILES string of the molecule is O=P(c1ccc(C(F)(F)F)cc1)(c1ccc(C(F)(F)F)cc1)c1cccc(-c2cc(-c3cccc(P(=O)(c4ccc(C(F)(F)F)cc4)c4ccc(C(F)(F)F)cc4)c3)cc(-c3cccc(P(=O)(c4ccc(C(F)(F)F)cc4)c4ccc(C(F)(F)F)cc4)c3)c2)c1. The molecule has 0 aliphatic rings. The fourth-order valence-electron chi connectivity index (χ4n) is 10.3. The highest BCUT2D eigenvalue weighted by atomic mass is 31.2. The molecule has 0 bridgehead atoms. The van der Waals surface area contributed by atoms with Crippen LogP contribution in [0.3, 0.4) is 0 Å². The van der Waals surface area contributed by atoms with Crippen LogP contribution in [-0.2, 0) is 50.8 Å². The predicted octanol–water partition coefficient (Wildman–Crippen LogP) is 17.7. The fourth-order valence-corrected chi connectivity index (χ4v) is 18.2. The van der Waals surface area contributed by atoms with Gasteiger partial charge in [0.2, 0.25) is 0 Å². The zero-order chi connectivity index (χ0) is 65.2. The Kier molecular flexibility index (Phi) is 16.8. The van der Waals surface area contributed by atoms with Gasteiger partial charge in [-0.2, -0.15) is 79.0 Å². The van der Waals surface area contributed by atoms with Crippen LogP contribution in [-0.4, -0.2) is 0 Å². The van der Waals surface area contributed by atoms with E-state index in [2.05, 4.69) is 0 Å². The van der Waals surface area contributed by atoms with Crippen LogP contribution in [0.15, 0.2) is 237 Å². The summed E-state index contributed by atoms with van der Waals surface area (Å²) in [5.74, 6) is 0. The average molecular weight is 1310 g/mol. The fraction of sp³-hybridized carbons (Fsp3) is 0.0909. The standard InChI is InChI=1S/C66H39F18O3P3/c67-61(68,69)46-10-22-52(23-11-46)88(85,53-24-12-47(13-25-53)62(70,71)72)58-7-1-4-40(37-58)43-34-44(41-5-2-8-59(38-41)89(86,54-26-14-48(15-27-54)63(73,74)75)55-28-16-49(17-29-55)64(76,77)78)36-45(35-43)42-6-3-9-60(39-42)90(87,56-30-18-50(19-31-56)65(79,80)81)57-32-20-51(21-33-57)66(82,83)84/h1-39H. The molecule has 0 amide bonds. The van der Waals surface area contributed by atoms with Gasteiger partial charge >= 0.3 is 37.1 Å². The third kappa shape index (κ3) is 12.9.